The SMILES string of the molecule is Cc1cccc(C2CCN(C(=O)c3n[nH]c4c3CN(CC(F)(F)F)CC4)CC2)c1C(F)(F)F. The minimum absolute atomic E-state index is 0.0267. The summed E-state index contributed by atoms with van der Waals surface area (Å²) in [5.41, 5.74) is 1.03. The van der Waals surface area contributed by atoms with Gasteiger partial charge >= 0.3 is 12.4 Å². The molecule has 0 atom stereocenters. The maximum absolute atomic E-state index is 13.6. The Labute approximate surface area is 186 Å². The van der Waals surface area contributed by atoms with Crippen molar-refractivity contribution >= 4 is 5.91 Å². The Morgan fingerprint density at radius 2 is 1.82 bits per heavy atom. The maximum Gasteiger partial charge on any atom is 0.416 e. The summed E-state index contributed by atoms with van der Waals surface area (Å²) in [6.07, 6.45) is -7.72. The number of amides is 1. The Balaban J connectivity index is 1.46. The molecule has 1 fully saturated rings. The summed E-state index contributed by atoms with van der Waals surface area (Å²) in [5, 5.41) is 6.83. The van der Waals surface area contributed by atoms with Crippen LogP contribution in [0.5, 0.6) is 0 Å². The van der Waals surface area contributed by atoms with E-state index >= 15 is 0 Å². The molecule has 2 aromatic rings. The highest BCUT2D eigenvalue weighted by Crippen LogP contribution is 2.40. The molecule has 1 saturated heterocycles. The summed E-state index contributed by atoms with van der Waals surface area (Å²) in [5.74, 6) is -0.735. The van der Waals surface area contributed by atoms with Gasteiger partial charge in [-0.2, -0.15) is 31.4 Å². The maximum atomic E-state index is 13.6. The number of carbonyl (C=O) groups is 1. The summed E-state index contributed by atoms with van der Waals surface area (Å²) < 4.78 is 79.2. The van der Waals surface area contributed by atoms with Gasteiger partial charge < -0.3 is 4.90 Å². The minimum Gasteiger partial charge on any atom is -0.337 e. The van der Waals surface area contributed by atoms with Crippen LogP contribution in [0, 0.1) is 6.92 Å². The van der Waals surface area contributed by atoms with Crippen LogP contribution in [0.2, 0.25) is 0 Å². The monoisotopic (exact) mass is 474 g/mol. The van der Waals surface area contributed by atoms with Gasteiger partial charge in [0.05, 0.1) is 12.1 Å². The molecule has 0 spiro atoms. The molecule has 0 radical (unpaired) electrons. The van der Waals surface area contributed by atoms with Crippen LogP contribution in [0.4, 0.5) is 26.3 Å². The number of aryl methyl sites for hydroxylation is 1. The van der Waals surface area contributed by atoms with E-state index < -0.39 is 30.4 Å². The number of nitrogens with zero attached hydrogens (tertiary/aromatic N) is 3. The molecule has 1 N–H and O–H groups in total. The highest BCUT2D eigenvalue weighted by molar-refractivity contribution is 5.94. The zero-order valence-corrected chi connectivity index (χ0v) is 18.0. The Hall–Kier alpha value is -2.56. The number of fused-ring (bicyclic) bond motifs is 1. The van der Waals surface area contributed by atoms with Crippen molar-refractivity contribution < 1.29 is 31.1 Å². The average Bonchev–Trinajstić information content (AvgIpc) is 3.14. The lowest BCUT2D eigenvalue weighted by atomic mass is 9.84. The number of alkyl halides is 6. The summed E-state index contributed by atoms with van der Waals surface area (Å²) in [7, 11) is 0. The van der Waals surface area contributed by atoms with Crippen molar-refractivity contribution in [2.75, 3.05) is 26.2 Å². The van der Waals surface area contributed by atoms with Gasteiger partial charge in [0.2, 0.25) is 0 Å². The lowest BCUT2D eigenvalue weighted by Gasteiger charge is -2.34. The number of aromatic amines is 1. The van der Waals surface area contributed by atoms with Gasteiger partial charge in [-0.05, 0) is 36.8 Å². The van der Waals surface area contributed by atoms with E-state index in [9.17, 15) is 31.1 Å². The molecule has 1 aromatic carbocycles. The van der Waals surface area contributed by atoms with Crippen LogP contribution in [-0.4, -0.2) is 58.3 Å². The number of benzene rings is 1. The van der Waals surface area contributed by atoms with Gasteiger partial charge in [0.15, 0.2) is 5.69 Å². The van der Waals surface area contributed by atoms with Crippen LogP contribution in [0.25, 0.3) is 0 Å². The topological polar surface area (TPSA) is 52.2 Å². The van der Waals surface area contributed by atoms with Crippen LogP contribution in [0.15, 0.2) is 18.2 Å². The van der Waals surface area contributed by atoms with Crippen molar-refractivity contribution in [1.29, 1.82) is 0 Å². The molecule has 2 aliphatic heterocycles. The number of piperidine rings is 1. The molecular formula is C22H24F6N4O. The van der Waals surface area contributed by atoms with Crippen LogP contribution >= 0.6 is 0 Å². The van der Waals surface area contributed by atoms with E-state index in [0.717, 1.165) is 0 Å². The first kappa shape index (κ1) is 23.6. The Morgan fingerprint density at radius 1 is 1.12 bits per heavy atom. The van der Waals surface area contributed by atoms with E-state index in [2.05, 4.69) is 10.2 Å². The first-order valence-corrected chi connectivity index (χ1v) is 10.7. The molecule has 3 heterocycles. The number of hydrogen-bond acceptors (Lipinski definition) is 3. The Kier molecular flexibility index (Phi) is 6.19. The minimum atomic E-state index is -4.45. The lowest BCUT2D eigenvalue weighted by Crippen LogP contribution is -2.40. The lowest BCUT2D eigenvalue weighted by molar-refractivity contribution is -0.147. The van der Waals surface area contributed by atoms with Crippen LogP contribution in [-0.2, 0) is 19.1 Å². The van der Waals surface area contributed by atoms with E-state index in [4.69, 9.17) is 0 Å². The third kappa shape index (κ3) is 5.02. The number of nitrogens with one attached hydrogen (secondary N) is 1. The smallest absolute Gasteiger partial charge is 0.337 e. The number of H-pyrrole nitrogens is 1. The number of likely N-dealkylation sites (tertiary alicyclic amines) is 1. The highest BCUT2D eigenvalue weighted by atomic mass is 19.4. The van der Waals surface area contributed by atoms with Crippen LogP contribution < -0.4 is 0 Å². The molecule has 11 heteroatoms. The molecule has 4 rings (SSSR count). The highest BCUT2D eigenvalue weighted by Gasteiger charge is 2.39. The first-order valence-electron chi connectivity index (χ1n) is 10.7. The zero-order chi connectivity index (χ0) is 24.0. The van der Waals surface area contributed by atoms with E-state index in [1.165, 1.54) is 28.9 Å². The van der Waals surface area contributed by atoms with Crippen molar-refractivity contribution in [3.8, 4) is 0 Å². The van der Waals surface area contributed by atoms with Gasteiger partial charge in [-0.15, -0.1) is 0 Å². The zero-order valence-electron chi connectivity index (χ0n) is 18.0. The van der Waals surface area contributed by atoms with Crippen molar-refractivity contribution in [2.45, 2.75) is 51.0 Å². The first-order chi connectivity index (χ1) is 15.4. The largest absolute Gasteiger partial charge is 0.416 e. The Bertz CT molecular complexity index is 1020. The Morgan fingerprint density at radius 3 is 2.45 bits per heavy atom. The number of rotatable bonds is 3. The van der Waals surface area contributed by atoms with Gasteiger partial charge in [-0.25, -0.2) is 0 Å². The summed E-state index contributed by atoms with van der Waals surface area (Å²) >= 11 is 0. The van der Waals surface area contributed by atoms with E-state index in [1.54, 1.807) is 6.07 Å². The van der Waals surface area contributed by atoms with Gasteiger partial charge in [0.25, 0.3) is 5.91 Å². The third-order valence-corrected chi connectivity index (χ3v) is 6.43. The van der Waals surface area contributed by atoms with Crippen molar-refractivity contribution in [3.63, 3.8) is 0 Å². The quantitative estimate of drug-likeness (QED) is 0.658. The standard InChI is InChI=1S/C22H24F6N4O/c1-13-3-2-4-15(18(13)22(26,27)28)14-5-9-32(10-6-14)20(33)19-16-11-31(12-21(23,24)25)8-7-17(16)29-30-19/h2-4,14H,5-12H2,1H3,(H,29,30). The fourth-order valence-corrected chi connectivity index (χ4v) is 4.88. The number of hydrogen-bond donors (Lipinski definition) is 1. The molecule has 180 valence electrons. The van der Waals surface area contributed by atoms with Crippen molar-refractivity contribution in [1.82, 2.24) is 20.0 Å². The second kappa shape index (κ2) is 8.66. The number of aromatic nitrogens is 2. The molecule has 2 aliphatic rings. The van der Waals surface area contributed by atoms with Crippen molar-refractivity contribution in [3.05, 3.63) is 51.8 Å². The van der Waals surface area contributed by atoms with Gasteiger partial charge in [0.1, 0.15) is 0 Å². The van der Waals surface area contributed by atoms with Gasteiger partial charge in [0, 0.05) is 43.9 Å². The average molecular weight is 474 g/mol. The van der Waals surface area contributed by atoms with E-state index in [0.29, 0.717) is 30.5 Å². The van der Waals surface area contributed by atoms with Gasteiger partial charge in [-0.3, -0.25) is 14.8 Å². The van der Waals surface area contributed by atoms with Gasteiger partial charge in [-0.1, -0.05) is 18.2 Å². The van der Waals surface area contributed by atoms with E-state index in [-0.39, 0.29) is 48.9 Å². The molecular weight excluding hydrogens is 450 g/mol. The van der Waals surface area contributed by atoms with Crippen LogP contribution in [0.1, 0.15) is 57.2 Å². The number of carbonyl (C=O) groups excluding carboxylic acids is 1. The fourth-order valence-electron chi connectivity index (χ4n) is 4.88. The fraction of sp³-hybridized carbons (Fsp3) is 0.545. The second-order valence-corrected chi connectivity index (χ2v) is 8.71. The summed E-state index contributed by atoms with van der Waals surface area (Å²) in [4.78, 5) is 15.8. The third-order valence-electron chi connectivity index (χ3n) is 6.43. The molecule has 1 amide bonds. The molecule has 33 heavy (non-hydrogen) atoms. The molecule has 0 bridgehead atoms. The second-order valence-electron chi connectivity index (χ2n) is 8.71. The molecule has 5 nitrogen and oxygen atoms in total. The summed E-state index contributed by atoms with van der Waals surface area (Å²) in [6.45, 7) is 1.07. The number of halogens is 6. The normalized spacial score (nSPS) is 18.5. The predicted octanol–water partition coefficient (Wildman–Crippen LogP) is 4.68. The van der Waals surface area contributed by atoms with E-state index in [1.807, 2.05) is 0 Å². The van der Waals surface area contributed by atoms with Crippen molar-refractivity contribution in [2.24, 2.45) is 0 Å². The molecule has 0 aliphatic carbocycles. The molecule has 0 saturated carbocycles. The molecule has 0 unspecified atom stereocenters. The van der Waals surface area contributed by atoms with Crippen LogP contribution in [0.3, 0.4) is 0 Å². The molecule has 1 aromatic heterocycles. The predicted molar refractivity (Wildman–Crippen MR) is 108 cm³/mol. The summed E-state index contributed by atoms with van der Waals surface area (Å²) in [6, 6.07) is 4.55.